The van der Waals surface area contributed by atoms with Crippen LogP contribution in [0.5, 0.6) is 5.75 Å². The van der Waals surface area contributed by atoms with Crippen LogP contribution >= 0.6 is 0 Å². The van der Waals surface area contributed by atoms with Crippen LogP contribution in [0.15, 0.2) is 24.3 Å². The number of hydrogen-bond donors (Lipinski definition) is 1. The summed E-state index contributed by atoms with van der Waals surface area (Å²) in [6.45, 7) is 2.19. The van der Waals surface area contributed by atoms with E-state index in [1.807, 2.05) is 0 Å². The van der Waals surface area contributed by atoms with Crippen molar-refractivity contribution in [2.75, 3.05) is 26.4 Å². The van der Waals surface area contributed by atoms with Crippen LogP contribution in [0.2, 0.25) is 0 Å². The maximum atomic E-state index is 12.7. The molecule has 15 heavy (non-hydrogen) atoms. The highest BCUT2D eigenvalue weighted by molar-refractivity contribution is 5.22. The highest BCUT2D eigenvalue weighted by Crippen LogP contribution is 2.11. The van der Waals surface area contributed by atoms with Gasteiger partial charge in [-0.15, -0.1) is 0 Å². The van der Waals surface area contributed by atoms with E-state index in [0.717, 1.165) is 6.42 Å². The smallest absolute Gasteiger partial charge is 0.126 e. The molecule has 0 spiro atoms. The number of benzene rings is 1. The molecule has 0 fully saturated rings. The summed E-state index contributed by atoms with van der Waals surface area (Å²) in [6, 6.07) is 6.05. The van der Waals surface area contributed by atoms with Crippen LogP contribution in [-0.4, -0.2) is 26.4 Å². The van der Waals surface area contributed by atoms with Crippen molar-refractivity contribution in [3.05, 3.63) is 30.1 Å². The van der Waals surface area contributed by atoms with Gasteiger partial charge >= 0.3 is 0 Å². The van der Waals surface area contributed by atoms with E-state index in [4.69, 9.17) is 15.2 Å². The molecule has 0 aliphatic heterocycles. The van der Waals surface area contributed by atoms with E-state index in [0.29, 0.717) is 32.1 Å². The largest absolute Gasteiger partial charge is 0.491 e. The summed E-state index contributed by atoms with van der Waals surface area (Å²) in [7, 11) is 0. The van der Waals surface area contributed by atoms with E-state index in [9.17, 15) is 4.39 Å². The first-order valence-electron chi connectivity index (χ1n) is 4.99. The van der Waals surface area contributed by atoms with Crippen LogP contribution in [0.1, 0.15) is 6.42 Å². The summed E-state index contributed by atoms with van der Waals surface area (Å²) in [6.07, 6.45) is 0.847. The molecule has 0 saturated carbocycles. The maximum Gasteiger partial charge on any atom is 0.126 e. The molecule has 0 amide bonds. The minimum absolute atomic E-state index is 0.295. The summed E-state index contributed by atoms with van der Waals surface area (Å²) in [5.41, 5.74) is 5.30. The molecule has 2 N–H and O–H groups in total. The van der Waals surface area contributed by atoms with Crippen molar-refractivity contribution >= 4 is 0 Å². The molecule has 3 nitrogen and oxygen atoms in total. The molecule has 1 rings (SSSR count). The fourth-order valence-electron chi connectivity index (χ4n) is 1.06. The summed E-state index contributed by atoms with van der Waals surface area (Å²) in [4.78, 5) is 0. The van der Waals surface area contributed by atoms with Gasteiger partial charge in [0.2, 0.25) is 0 Å². The average Bonchev–Trinajstić information content (AvgIpc) is 2.23. The molecule has 4 heteroatoms. The fourth-order valence-corrected chi connectivity index (χ4v) is 1.06. The van der Waals surface area contributed by atoms with Gasteiger partial charge in [0, 0.05) is 12.7 Å². The Morgan fingerprint density at radius 1 is 1.20 bits per heavy atom. The first-order valence-corrected chi connectivity index (χ1v) is 4.99. The minimum Gasteiger partial charge on any atom is -0.491 e. The van der Waals surface area contributed by atoms with Gasteiger partial charge in [-0.2, -0.15) is 0 Å². The van der Waals surface area contributed by atoms with Crippen molar-refractivity contribution in [3.63, 3.8) is 0 Å². The maximum absolute atomic E-state index is 12.7. The molecule has 0 atom stereocenters. The first kappa shape index (κ1) is 11.9. The quantitative estimate of drug-likeness (QED) is 0.699. The summed E-state index contributed by atoms with van der Waals surface area (Å²) >= 11 is 0. The monoisotopic (exact) mass is 213 g/mol. The Morgan fingerprint density at radius 2 is 2.07 bits per heavy atom. The highest BCUT2D eigenvalue weighted by Gasteiger charge is 1.95. The molecule has 0 radical (unpaired) electrons. The number of halogens is 1. The molecule has 1 aromatic carbocycles. The van der Waals surface area contributed by atoms with E-state index >= 15 is 0 Å². The third kappa shape index (κ3) is 5.34. The molecular weight excluding hydrogens is 197 g/mol. The number of hydrogen-bond acceptors (Lipinski definition) is 3. The molecule has 0 aliphatic rings. The van der Waals surface area contributed by atoms with E-state index < -0.39 is 0 Å². The van der Waals surface area contributed by atoms with Crippen LogP contribution < -0.4 is 10.5 Å². The molecule has 1 aromatic rings. The van der Waals surface area contributed by atoms with Gasteiger partial charge in [0.1, 0.15) is 18.2 Å². The lowest BCUT2D eigenvalue weighted by Crippen LogP contribution is -2.10. The van der Waals surface area contributed by atoms with Gasteiger partial charge in [0.25, 0.3) is 0 Å². The minimum atomic E-state index is -0.295. The zero-order valence-corrected chi connectivity index (χ0v) is 8.62. The number of rotatable bonds is 7. The molecule has 84 valence electrons. The van der Waals surface area contributed by atoms with Crippen molar-refractivity contribution in [1.82, 2.24) is 0 Å². The van der Waals surface area contributed by atoms with Crippen LogP contribution in [0.4, 0.5) is 4.39 Å². The Balaban J connectivity index is 2.10. The third-order valence-corrected chi connectivity index (χ3v) is 1.79. The normalized spacial score (nSPS) is 10.3. The first-order chi connectivity index (χ1) is 7.33. The SMILES string of the molecule is NCCCOCCOc1cccc(F)c1. The standard InChI is InChI=1S/C11H16FNO2/c12-10-3-1-4-11(9-10)15-8-7-14-6-2-5-13/h1,3-4,9H,2,5-8,13H2. The Hall–Kier alpha value is -1.13. The van der Waals surface area contributed by atoms with E-state index in [1.165, 1.54) is 12.1 Å². The average molecular weight is 213 g/mol. The summed E-state index contributed by atoms with van der Waals surface area (Å²) in [5, 5.41) is 0. The van der Waals surface area contributed by atoms with Crippen molar-refractivity contribution in [1.29, 1.82) is 0 Å². The van der Waals surface area contributed by atoms with Crippen molar-refractivity contribution in [2.45, 2.75) is 6.42 Å². The van der Waals surface area contributed by atoms with Crippen molar-refractivity contribution < 1.29 is 13.9 Å². The second-order valence-corrected chi connectivity index (χ2v) is 3.06. The second-order valence-electron chi connectivity index (χ2n) is 3.06. The Morgan fingerprint density at radius 3 is 2.80 bits per heavy atom. The van der Waals surface area contributed by atoms with Crippen molar-refractivity contribution in [2.24, 2.45) is 5.73 Å². The number of ether oxygens (including phenoxy) is 2. The zero-order chi connectivity index (χ0) is 10.9. The van der Waals surface area contributed by atoms with E-state index in [-0.39, 0.29) is 5.82 Å². The topological polar surface area (TPSA) is 44.5 Å². The fraction of sp³-hybridized carbons (Fsp3) is 0.455. The second kappa shape index (κ2) is 7.20. The van der Waals surface area contributed by atoms with E-state index in [1.54, 1.807) is 12.1 Å². The molecular formula is C11H16FNO2. The summed E-state index contributed by atoms with van der Waals surface area (Å²) in [5.74, 6) is 0.231. The number of nitrogens with two attached hydrogens (primary N) is 1. The Kier molecular flexibility index (Phi) is 5.73. The molecule has 0 saturated heterocycles. The highest BCUT2D eigenvalue weighted by atomic mass is 19.1. The zero-order valence-electron chi connectivity index (χ0n) is 8.62. The van der Waals surface area contributed by atoms with Crippen LogP contribution in [0.3, 0.4) is 0 Å². The molecule has 0 aliphatic carbocycles. The lowest BCUT2D eigenvalue weighted by atomic mass is 10.3. The summed E-state index contributed by atoms with van der Waals surface area (Å²) < 4.78 is 23.2. The lowest BCUT2D eigenvalue weighted by Gasteiger charge is -2.06. The van der Waals surface area contributed by atoms with Crippen LogP contribution in [0.25, 0.3) is 0 Å². The predicted molar refractivity (Wildman–Crippen MR) is 56.4 cm³/mol. The Bertz CT molecular complexity index is 281. The van der Waals surface area contributed by atoms with Gasteiger partial charge in [0.05, 0.1) is 6.61 Å². The molecule has 0 bridgehead atoms. The van der Waals surface area contributed by atoms with Gasteiger partial charge in [-0.1, -0.05) is 6.07 Å². The van der Waals surface area contributed by atoms with Gasteiger partial charge in [-0.3, -0.25) is 0 Å². The van der Waals surface area contributed by atoms with Crippen LogP contribution in [0, 0.1) is 5.82 Å². The third-order valence-electron chi connectivity index (χ3n) is 1.79. The van der Waals surface area contributed by atoms with E-state index in [2.05, 4.69) is 0 Å². The van der Waals surface area contributed by atoms with Crippen LogP contribution in [-0.2, 0) is 4.74 Å². The molecule has 0 aromatic heterocycles. The molecule has 0 unspecified atom stereocenters. The molecule has 0 heterocycles. The predicted octanol–water partition coefficient (Wildman–Crippen LogP) is 1.57. The van der Waals surface area contributed by atoms with Gasteiger partial charge in [0.15, 0.2) is 0 Å². The van der Waals surface area contributed by atoms with Gasteiger partial charge in [-0.05, 0) is 25.1 Å². The van der Waals surface area contributed by atoms with Gasteiger partial charge in [-0.25, -0.2) is 4.39 Å². The Labute approximate surface area is 89.0 Å². The van der Waals surface area contributed by atoms with Gasteiger partial charge < -0.3 is 15.2 Å². The lowest BCUT2D eigenvalue weighted by molar-refractivity contribution is 0.0993. The van der Waals surface area contributed by atoms with Crippen molar-refractivity contribution in [3.8, 4) is 5.75 Å².